The van der Waals surface area contributed by atoms with Crippen molar-refractivity contribution in [1.82, 2.24) is 10.2 Å². The minimum Gasteiger partial charge on any atom is -0.375 e. The standard InChI is InChI=1S/C12H24N2OS/c1-4-12(15)14-7-5-11(6-8-14)13-10(2)9-16-3/h4,10-13,15H,1,5-9H2,2-3H3. The molecule has 94 valence electrons. The van der Waals surface area contributed by atoms with E-state index in [2.05, 4.69) is 30.0 Å². The molecule has 2 N–H and O–H groups in total. The number of hydrogen-bond donors (Lipinski definition) is 2. The zero-order valence-corrected chi connectivity index (χ0v) is 11.2. The van der Waals surface area contributed by atoms with E-state index in [-0.39, 0.29) is 0 Å². The lowest BCUT2D eigenvalue weighted by atomic mass is 10.0. The number of piperidine rings is 1. The number of likely N-dealkylation sites (tertiary alicyclic amines) is 1. The van der Waals surface area contributed by atoms with Crippen LogP contribution in [0, 0.1) is 0 Å². The van der Waals surface area contributed by atoms with Crippen molar-refractivity contribution in [2.75, 3.05) is 25.1 Å². The second kappa shape index (κ2) is 7.33. The van der Waals surface area contributed by atoms with E-state index in [0.29, 0.717) is 12.1 Å². The lowest BCUT2D eigenvalue weighted by Crippen LogP contribution is -2.48. The predicted molar refractivity (Wildman–Crippen MR) is 71.8 cm³/mol. The number of hydrogen-bond acceptors (Lipinski definition) is 4. The van der Waals surface area contributed by atoms with E-state index in [4.69, 9.17) is 0 Å². The third-order valence-corrected chi connectivity index (χ3v) is 3.88. The first-order valence-electron chi connectivity index (χ1n) is 5.97. The highest BCUT2D eigenvalue weighted by molar-refractivity contribution is 7.98. The Morgan fingerprint density at radius 3 is 2.69 bits per heavy atom. The summed E-state index contributed by atoms with van der Waals surface area (Å²) < 4.78 is 0. The van der Waals surface area contributed by atoms with Crippen LogP contribution in [-0.4, -0.2) is 53.4 Å². The minimum absolute atomic E-state index is 0.468. The average molecular weight is 244 g/mol. The quantitative estimate of drug-likeness (QED) is 0.690. The highest BCUT2D eigenvalue weighted by atomic mass is 32.2. The number of thioether (sulfide) groups is 1. The highest BCUT2D eigenvalue weighted by Crippen LogP contribution is 2.13. The number of aliphatic hydroxyl groups excluding tert-OH is 1. The van der Waals surface area contributed by atoms with Gasteiger partial charge in [0.05, 0.1) is 0 Å². The third-order valence-electron chi connectivity index (χ3n) is 3.05. The van der Waals surface area contributed by atoms with E-state index >= 15 is 0 Å². The molecule has 1 fully saturated rings. The van der Waals surface area contributed by atoms with Crippen molar-refractivity contribution in [3.63, 3.8) is 0 Å². The Bertz CT molecular complexity index is 205. The van der Waals surface area contributed by atoms with Crippen LogP contribution in [0.1, 0.15) is 19.8 Å². The molecule has 1 saturated heterocycles. The molecule has 4 heteroatoms. The van der Waals surface area contributed by atoms with E-state index in [1.165, 1.54) is 0 Å². The maximum absolute atomic E-state index is 9.62. The fourth-order valence-corrected chi connectivity index (χ4v) is 2.78. The molecule has 1 aliphatic heterocycles. The predicted octanol–water partition coefficient (Wildman–Crippen LogP) is 1.30. The highest BCUT2D eigenvalue weighted by Gasteiger charge is 2.22. The summed E-state index contributed by atoms with van der Waals surface area (Å²) in [6, 6.07) is 1.19. The molecule has 0 amide bonds. The summed E-state index contributed by atoms with van der Waals surface area (Å²) in [7, 11) is 0. The fraction of sp³-hybridized carbons (Fsp3) is 0.833. The van der Waals surface area contributed by atoms with Crippen LogP contribution in [0.15, 0.2) is 12.7 Å². The summed E-state index contributed by atoms with van der Waals surface area (Å²) in [6.07, 6.45) is 5.50. The summed E-state index contributed by atoms with van der Waals surface area (Å²) in [5.74, 6) is 1.16. The van der Waals surface area contributed by atoms with Crippen molar-refractivity contribution in [3.8, 4) is 0 Å². The van der Waals surface area contributed by atoms with Gasteiger partial charge in [-0.1, -0.05) is 6.58 Å². The second-order valence-electron chi connectivity index (χ2n) is 4.48. The van der Waals surface area contributed by atoms with Gasteiger partial charge in [-0.25, -0.2) is 0 Å². The van der Waals surface area contributed by atoms with Crippen LogP contribution in [-0.2, 0) is 0 Å². The molecule has 0 saturated carbocycles. The van der Waals surface area contributed by atoms with Gasteiger partial charge in [0.25, 0.3) is 0 Å². The molecule has 0 radical (unpaired) electrons. The molecule has 0 aromatic carbocycles. The lowest BCUT2D eigenvalue weighted by Gasteiger charge is -2.35. The molecule has 0 aliphatic carbocycles. The van der Waals surface area contributed by atoms with E-state index in [1.54, 1.807) is 6.08 Å². The van der Waals surface area contributed by atoms with Crippen molar-refractivity contribution in [3.05, 3.63) is 12.7 Å². The smallest absolute Gasteiger partial charge is 0.126 e. The molecule has 2 unspecified atom stereocenters. The van der Waals surface area contributed by atoms with E-state index < -0.39 is 6.23 Å². The fourth-order valence-electron chi connectivity index (χ4n) is 2.18. The largest absolute Gasteiger partial charge is 0.375 e. The summed E-state index contributed by atoms with van der Waals surface area (Å²) in [5.41, 5.74) is 0. The Morgan fingerprint density at radius 1 is 1.56 bits per heavy atom. The Labute approximate surface area is 103 Å². The zero-order chi connectivity index (χ0) is 12.0. The normalized spacial score (nSPS) is 22.9. The Morgan fingerprint density at radius 2 is 2.19 bits per heavy atom. The molecule has 0 aromatic rings. The number of nitrogens with one attached hydrogen (secondary N) is 1. The van der Waals surface area contributed by atoms with Gasteiger partial charge in [-0.05, 0) is 32.1 Å². The van der Waals surface area contributed by atoms with E-state index in [0.717, 1.165) is 31.7 Å². The summed E-state index contributed by atoms with van der Waals surface area (Å²) >= 11 is 1.88. The van der Waals surface area contributed by atoms with Crippen LogP contribution in [0.3, 0.4) is 0 Å². The minimum atomic E-state index is -0.468. The first kappa shape index (κ1) is 14.0. The number of rotatable bonds is 6. The van der Waals surface area contributed by atoms with Crippen molar-refractivity contribution >= 4 is 11.8 Å². The Balaban J connectivity index is 2.23. The number of nitrogens with zero attached hydrogens (tertiary/aromatic N) is 1. The van der Waals surface area contributed by atoms with Gasteiger partial charge in [0.2, 0.25) is 0 Å². The monoisotopic (exact) mass is 244 g/mol. The maximum atomic E-state index is 9.62. The molecule has 1 heterocycles. The molecule has 1 rings (SSSR count). The first-order chi connectivity index (χ1) is 7.67. The Hall–Kier alpha value is -0.0300. The third kappa shape index (κ3) is 4.45. The van der Waals surface area contributed by atoms with Gasteiger partial charge in [-0.15, -0.1) is 0 Å². The van der Waals surface area contributed by atoms with E-state index in [9.17, 15) is 5.11 Å². The van der Waals surface area contributed by atoms with E-state index in [1.807, 2.05) is 11.8 Å². The first-order valence-corrected chi connectivity index (χ1v) is 7.36. The van der Waals surface area contributed by atoms with Gasteiger partial charge in [0.15, 0.2) is 0 Å². The topological polar surface area (TPSA) is 35.5 Å². The molecule has 3 nitrogen and oxygen atoms in total. The summed E-state index contributed by atoms with van der Waals surface area (Å²) in [6.45, 7) is 7.77. The van der Waals surface area contributed by atoms with Gasteiger partial charge in [0.1, 0.15) is 6.23 Å². The van der Waals surface area contributed by atoms with Crippen LogP contribution in [0.2, 0.25) is 0 Å². The zero-order valence-electron chi connectivity index (χ0n) is 10.4. The van der Waals surface area contributed by atoms with Crippen molar-refractivity contribution < 1.29 is 5.11 Å². The van der Waals surface area contributed by atoms with Crippen LogP contribution in [0.25, 0.3) is 0 Å². The van der Waals surface area contributed by atoms with Crippen LogP contribution in [0.5, 0.6) is 0 Å². The SMILES string of the molecule is C=CC(O)N1CCC(NC(C)CSC)CC1. The summed E-state index contributed by atoms with van der Waals surface area (Å²) in [4.78, 5) is 2.07. The number of aliphatic hydroxyl groups is 1. The second-order valence-corrected chi connectivity index (χ2v) is 5.39. The molecule has 16 heavy (non-hydrogen) atoms. The van der Waals surface area contributed by atoms with Gasteiger partial charge < -0.3 is 10.4 Å². The van der Waals surface area contributed by atoms with Gasteiger partial charge in [0, 0.05) is 30.9 Å². The van der Waals surface area contributed by atoms with Crippen molar-refractivity contribution in [2.45, 2.75) is 38.1 Å². The van der Waals surface area contributed by atoms with Crippen molar-refractivity contribution in [2.24, 2.45) is 0 Å². The van der Waals surface area contributed by atoms with Gasteiger partial charge >= 0.3 is 0 Å². The lowest BCUT2D eigenvalue weighted by molar-refractivity contribution is 0.0215. The van der Waals surface area contributed by atoms with Crippen LogP contribution < -0.4 is 5.32 Å². The average Bonchev–Trinajstić information content (AvgIpc) is 2.29. The molecule has 0 spiro atoms. The molecule has 1 aliphatic rings. The molecule has 0 bridgehead atoms. The maximum Gasteiger partial charge on any atom is 0.126 e. The molecule has 0 aromatic heterocycles. The molecular formula is C12H24N2OS. The van der Waals surface area contributed by atoms with Gasteiger partial charge in [-0.3, -0.25) is 4.90 Å². The van der Waals surface area contributed by atoms with Gasteiger partial charge in [-0.2, -0.15) is 11.8 Å². The molecular weight excluding hydrogens is 220 g/mol. The van der Waals surface area contributed by atoms with Crippen LogP contribution in [0.4, 0.5) is 0 Å². The van der Waals surface area contributed by atoms with Crippen molar-refractivity contribution in [1.29, 1.82) is 0 Å². The molecule has 2 atom stereocenters. The Kier molecular flexibility index (Phi) is 6.43. The summed E-state index contributed by atoms with van der Waals surface area (Å²) in [5, 5.41) is 13.3. The van der Waals surface area contributed by atoms with Crippen LogP contribution >= 0.6 is 11.8 Å².